The van der Waals surface area contributed by atoms with E-state index in [9.17, 15) is 0 Å². The predicted molar refractivity (Wildman–Crippen MR) is 70.7 cm³/mol. The van der Waals surface area contributed by atoms with E-state index in [0.29, 0.717) is 0 Å². The van der Waals surface area contributed by atoms with Crippen LogP contribution in [0.3, 0.4) is 0 Å². The largest absolute Gasteiger partial charge is 0.313 e. The van der Waals surface area contributed by atoms with Gasteiger partial charge >= 0.3 is 0 Å². The number of hydrogen-bond acceptors (Lipinski definition) is 3. The molecule has 0 aliphatic heterocycles. The van der Waals surface area contributed by atoms with Crippen LogP contribution in [0.25, 0.3) is 0 Å². The van der Waals surface area contributed by atoms with Crippen LogP contribution in [0, 0.1) is 11.3 Å². The Kier molecular flexibility index (Phi) is 6.31. The Morgan fingerprint density at radius 2 is 1.88 bits per heavy atom. The van der Waals surface area contributed by atoms with Crippen LogP contribution in [-0.2, 0) is 6.54 Å². The third kappa shape index (κ3) is 6.06. The molecule has 0 spiro atoms. The molecule has 17 heavy (non-hydrogen) atoms. The minimum Gasteiger partial charge on any atom is -0.313 e. The van der Waals surface area contributed by atoms with Gasteiger partial charge in [-0.3, -0.25) is 0 Å². The molecule has 0 saturated carbocycles. The number of nitrogens with one attached hydrogen (secondary N) is 1. The van der Waals surface area contributed by atoms with Crippen LogP contribution in [0.2, 0.25) is 0 Å². The zero-order valence-corrected chi connectivity index (χ0v) is 10.7. The average Bonchev–Trinajstić information content (AvgIpc) is 2.34. The van der Waals surface area contributed by atoms with Gasteiger partial charge in [-0.2, -0.15) is 5.26 Å². The monoisotopic (exact) mass is 231 g/mol. The number of unbranched alkanes of at least 4 members (excludes halogenated alkanes) is 1. The fourth-order valence-electron chi connectivity index (χ4n) is 1.61. The first kappa shape index (κ1) is 13.7. The molecule has 1 aromatic rings. The van der Waals surface area contributed by atoms with E-state index in [1.54, 1.807) is 0 Å². The van der Waals surface area contributed by atoms with Crippen molar-refractivity contribution in [1.82, 2.24) is 10.2 Å². The van der Waals surface area contributed by atoms with Crippen LogP contribution in [0.1, 0.15) is 24.0 Å². The van der Waals surface area contributed by atoms with Crippen molar-refractivity contribution in [2.75, 3.05) is 27.2 Å². The van der Waals surface area contributed by atoms with Gasteiger partial charge in [0.2, 0.25) is 0 Å². The summed E-state index contributed by atoms with van der Waals surface area (Å²) in [6, 6.07) is 9.86. The van der Waals surface area contributed by atoms with E-state index < -0.39 is 0 Å². The molecule has 3 nitrogen and oxygen atoms in total. The number of rotatable bonds is 7. The van der Waals surface area contributed by atoms with Gasteiger partial charge in [-0.05, 0) is 57.7 Å². The molecule has 1 N–H and O–H groups in total. The van der Waals surface area contributed by atoms with E-state index in [0.717, 1.165) is 25.2 Å². The molecule has 0 amide bonds. The summed E-state index contributed by atoms with van der Waals surface area (Å²) in [5.41, 5.74) is 1.95. The van der Waals surface area contributed by atoms with Gasteiger partial charge in [-0.1, -0.05) is 12.1 Å². The lowest BCUT2D eigenvalue weighted by Crippen LogP contribution is -2.18. The SMILES string of the molecule is CN(C)CCCCNCc1ccc(C#N)cc1. The van der Waals surface area contributed by atoms with Crippen molar-refractivity contribution in [3.63, 3.8) is 0 Å². The molecule has 0 atom stereocenters. The summed E-state index contributed by atoms with van der Waals surface area (Å²) in [5, 5.41) is 12.1. The summed E-state index contributed by atoms with van der Waals surface area (Å²) in [5.74, 6) is 0. The lowest BCUT2D eigenvalue weighted by molar-refractivity contribution is 0.391. The highest BCUT2D eigenvalue weighted by atomic mass is 15.0. The summed E-state index contributed by atoms with van der Waals surface area (Å²) in [7, 11) is 4.20. The Labute approximate surface area is 104 Å². The van der Waals surface area contributed by atoms with Crippen molar-refractivity contribution >= 4 is 0 Å². The van der Waals surface area contributed by atoms with Crippen LogP contribution < -0.4 is 5.32 Å². The Hall–Kier alpha value is -1.37. The topological polar surface area (TPSA) is 39.1 Å². The molecule has 0 saturated heterocycles. The van der Waals surface area contributed by atoms with Crippen molar-refractivity contribution in [2.24, 2.45) is 0 Å². The van der Waals surface area contributed by atoms with Gasteiger partial charge in [0.05, 0.1) is 11.6 Å². The van der Waals surface area contributed by atoms with Crippen LogP contribution in [0.5, 0.6) is 0 Å². The van der Waals surface area contributed by atoms with Gasteiger partial charge in [-0.25, -0.2) is 0 Å². The van der Waals surface area contributed by atoms with E-state index >= 15 is 0 Å². The molecule has 0 bridgehead atoms. The van der Waals surface area contributed by atoms with Gasteiger partial charge < -0.3 is 10.2 Å². The molecular weight excluding hydrogens is 210 g/mol. The zero-order valence-electron chi connectivity index (χ0n) is 10.7. The molecule has 0 radical (unpaired) electrons. The molecular formula is C14H21N3. The molecule has 0 heterocycles. The standard InChI is InChI=1S/C14H21N3/c1-17(2)10-4-3-9-16-12-14-7-5-13(11-15)6-8-14/h5-8,16H,3-4,9-10,12H2,1-2H3. The molecule has 1 aromatic carbocycles. The first-order valence-corrected chi connectivity index (χ1v) is 6.07. The Bertz CT molecular complexity index is 349. The number of benzene rings is 1. The molecule has 0 aliphatic rings. The quantitative estimate of drug-likeness (QED) is 0.729. The lowest BCUT2D eigenvalue weighted by Gasteiger charge is -2.09. The number of hydrogen-bond donors (Lipinski definition) is 1. The van der Waals surface area contributed by atoms with Crippen molar-refractivity contribution in [3.8, 4) is 6.07 Å². The highest BCUT2D eigenvalue weighted by Crippen LogP contribution is 2.02. The summed E-state index contributed by atoms with van der Waals surface area (Å²) < 4.78 is 0. The summed E-state index contributed by atoms with van der Waals surface area (Å²) in [4.78, 5) is 2.21. The minimum atomic E-state index is 0.722. The fourth-order valence-corrected chi connectivity index (χ4v) is 1.61. The second-order valence-electron chi connectivity index (χ2n) is 4.50. The first-order valence-electron chi connectivity index (χ1n) is 6.07. The van der Waals surface area contributed by atoms with Crippen LogP contribution >= 0.6 is 0 Å². The molecule has 92 valence electrons. The third-order valence-electron chi connectivity index (χ3n) is 2.62. The number of nitrogens with zero attached hydrogens (tertiary/aromatic N) is 2. The maximum atomic E-state index is 8.68. The second-order valence-corrected chi connectivity index (χ2v) is 4.50. The smallest absolute Gasteiger partial charge is 0.0991 e. The summed E-state index contributed by atoms with van der Waals surface area (Å²) >= 11 is 0. The van der Waals surface area contributed by atoms with Crippen LogP contribution in [0.15, 0.2) is 24.3 Å². The Morgan fingerprint density at radius 1 is 1.18 bits per heavy atom. The van der Waals surface area contributed by atoms with Gasteiger partial charge in [0.15, 0.2) is 0 Å². The molecule has 0 aromatic heterocycles. The van der Waals surface area contributed by atoms with Gasteiger partial charge in [0, 0.05) is 6.54 Å². The molecule has 0 fully saturated rings. The maximum Gasteiger partial charge on any atom is 0.0991 e. The van der Waals surface area contributed by atoms with E-state index in [2.05, 4.69) is 30.4 Å². The van der Waals surface area contributed by atoms with Gasteiger partial charge in [0.25, 0.3) is 0 Å². The van der Waals surface area contributed by atoms with E-state index in [1.807, 2.05) is 24.3 Å². The zero-order chi connectivity index (χ0) is 12.5. The highest BCUT2D eigenvalue weighted by molar-refractivity contribution is 5.31. The maximum absolute atomic E-state index is 8.68. The fraction of sp³-hybridized carbons (Fsp3) is 0.500. The van der Waals surface area contributed by atoms with Crippen LogP contribution in [-0.4, -0.2) is 32.1 Å². The third-order valence-corrected chi connectivity index (χ3v) is 2.62. The molecule has 3 heteroatoms. The first-order chi connectivity index (χ1) is 8.22. The van der Waals surface area contributed by atoms with Crippen molar-refractivity contribution in [1.29, 1.82) is 5.26 Å². The van der Waals surface area contributed by atoms with E-state index in [1.165, 1.54) is 18.4 Å². The summed E-state index contributed by atoms with van der Waals surface area (Å²) in [6.07, 6.45) is 2.43. The molecule has 0 aliphatic carbocycles. The van der Waals surface area contributed by atoms with Gasteiger partial charge in [-0.15, -0.1) is 0 Å². The van der Waals surface area contributed by atoms with Crippen LogP contribution in [0.4, 0.5) is 0 Å². The highest BCUT2D eigenvalue weighted by Gasteiger charge is 1.94. The van der Waals surface area contributed by atoms with Gasteiger partial charge in [0.1, 0.15) is 0 Å². The van der Waals surface area contributed by atoms with E-state index in [4.69, 9.17) is 5.26 Å². The van der Waals surface area contributed by atoms with Crippen molar-refractivity contribution in [2.45, 2.75) is 19.4 Å². The Balaban J connectivity index is 2.12. The normalized spacial score (nSPS) is 10.5. The van der Waals surface area contributed by atoms with Crippen molar-refractivity contribution in [3.05, 3.63) is 35.4 Å². The van der Waals surface area contributed by atoms with E-state index in [-0.39, 0.29) is 0 Å². The predicted octanol–water partition coefficient (Wildman–Crippen LogP) is 1.99. The van der Waals surface area contributed by atoms with Crippen molar-refractivity contribution < 1.29 is 0 Å². The molecule has 1 rings (SSSR count). The summed E-state index contributed by atoms with van der Waals surface area (Å²) in [6.45, 7) is 3.08. The minimum absolute atomic E-state index is 0.722. The lowest BCUT2D eigenvalue weighted by atomic mass is 10.1. The number of nitriles is 1. The molecule has 0 unspecified atom stereocenters. The average molecular weight is 231 g/mol. The Morgan fingerprint density at radius 3 is 2.47 bits per heavy atom. The second kappa shape index (κ2) is 7.83.